The van der Waals surface area contributed by atoms with Gasteiger partial charge in [-0.25, -0.2) is 0 Å². The van der Waals surface area contributed by atoms with E-state index in [9.17, 15) is 14.4 Å². The molecule has 3 amide bonds. The maximum absolute atomic E-state index is 14.3. The minimum absolute atomic E-state index is 0.0279. The van der Waals surface area contributed by atoms with Crippen LogP contribution in [0.2, 0.25) is 0 Å². The summed E-state index contributed by atoms with van der Waals surface area (Å²) in [5, 5.41) is 6.34. The van der Waals surface area contributed by atoms with Gasteiger partial charge >= 0.3 is 0 Å². The van der Waals surface area contributed by atoms with Crippen molar-refractivity contribution in [2.75, 3.05) is 12.4 Å². The highest BCUT2D eigenvalue weighted by Crippen LogP contribution is 2.55. The molecule has 2 saturated heterocycles. The van der Waals surface area contributed by atoms with Gasteiger partial charge in [0.25, 0.3) is 0 Å². The zero-order valence-corrected chi connectivity index (χ0v) is 25.7. The van der Waals surface area contributed by atoms with E-state index >= 15 is 0 Å². The second-order valence-electron chi connectivity index (χ2n) is 13.2. The quantitative estimate of drug-likeness (QED) is 0.423. The van der Waals surface area contributed by atoms with Gasteiger partial charge in [0, 0.05) is 18.3 Å². The largest absolute Gasteiger partial charge is 0.497 e. The number of hydrogen-bond acceptors (Lipinski definition) is 5. The van der Waals surface area contributed by atoms with E-state index in [-0.39, 0.29) is 30.3 Å². The molecule has 8 atom stereocenters. The maximum Gasteiger partial charge on any atom is 0.246 e. The molecule has 6 rings (SSSR count). The molecule has 0 radical (unpaired) electrons. The summed E-state index contributed by atoms with van der Waals surface area (Å²) >= 11 is 0. The molecule has 2 N–H and O–H groups in total. The first-order valence-electron chi connectivity index (χ1n) is 15.6. The van der Waals surface area contributed by atoms with Gasteiger partial charge in [0.15, 0.2) is 0 Å². The lowest BCUT2D eigenvalue weighted by Crippen LogP contribution is -2.57. The van der Waals surface area contributed by atoms with E-state index < -0.39 is 29.6 Å². The standard InChI is InChI=1S/C35H43N3O5/c1-20(2)24-11-13-25(14-12-24)36-32(39)29-28-17-18-35(43-28)30(29)34(41)38(19-23-9-15-26(42-5)16-10-23)31(35)33(40)37-27-8-6-7-21(3)22(27)4/h9-18,20-22,27-31H,6-8,19H2,1-5H3,(H,36,39)(H,37,40)/t21-,22-,27+,28-,29+,30-,31-,35-/m0/s1. The molecule has 2 aromatic rings. The normalized spacial score (nSPS) is 32.7. The fourth-order valence-electron chi connectivity index (χ4n) is 7.59. The van der Waals surface area contributed by atoms with E-state index in [2.05, 4.69) is 38.3 Å². The van der Waals surface area contributed by atoms with E-state index in [4.69, 9.17) is 9.47 Å². The van der Waals surface area contributed by atoms with Crippen LogP contribution in [0.5, 0.6) is 5.75 Å². The predicted molar refractivity (Wildman–Crippen MR) is 164 cm³/mol. The second-order valence-corrected chi connectivity index (χ2v) is 13.2. The van der Waals surface area contributed by atoms with E-state index in [0.29, 0.717) is 29.2 Å². The molecule has 8 heteroatoms. The summed E-state index contributed by atoms with van der Waals surface area (Å²) in [6.45, 7) is 8.89. The third kappa shape index (κ3) is 5.13. The van der Waals surface area contributed by atoms with Crippen molar-refractivity contribution in [3.05, 3.63) is 71.8 Å². The highest BCUT2D eigenvalue weighted by molar-refractivity contribution is 6.02. The third-order valence-electron chi connectivity index (χ3n) is 10.3. The summed E-state index contributed by atoms with van der Waals surface area (Å²) in [5.41, 5.74) is 1.52. The van der Waals surface area contributed by atoms with Crippen molar-refractivity contribution in [3.8, 4) is 5.75 Å². The van der Waals surface area contributed by atoms with Crippen LogP contribution < -0.4 is 15.4 Å². The fraction of sp³-hybridized carbons (Fsp3) is 0.514. The van der Waals surface area contributed by atoms with Crippen molar-refractivity contribution in [2.24, 2.45) is 23.7 Å². The van der Waals surface area contributed by atoms with Crippen LogP contribution in [0.3, 0.4) is 0 Å². The Morgan fingerprint density at radius 1 is 1.05 bits per heavy atom. The van der Waals surface area contributed by atoms with Gasteiger partial charge in [-0.3, -0.25) is 14.4 Å². The summed E-state index contributed by atoms with van der Waals surface area (Å²) in [6, 6.07) is 14.4. The molecule has 8 nitrogen and oxygen atoms in total. The summed E-state index contributed by atoms with van der Waals surface area (Å²) in [4.78, 5) is 44.0. The Morgan fingerprint density at radius 3 is 2.44 bits per heavy atom. The predicted octanol–water partition coefficient (Wildman–Crippen LogP) is 5.05. The topological polar surface area (TPSA) is 97.0 Å². The number of rotatable bonds is 8. The molecule has 4 aliphatic rings. The monoisotopic (exact) mass is 585 g/mol. The third-order valence-corrected chi connectivity index (χ3v) is 10.3. The number of amides is 3. The molecule has 3 heterocycles. The first-order valence-corrected chi connectivity index (χ1v) is 15.6. The number of carbonyl (C=O) groups is 3. The number of nitrogens with zero attached hydrogens (tertiary/aromatic N) is 1. The highest BCUT2D eigenvalue weighted by atomic mass is 16.5. The van der Waals surface area contributed by atoms with Crippen LogP contribution in [0.4, 0.5) is 5.69 Å². The SMILES string of the molecule is COc1ccc(CN2C(=O)[C@@H]3[C@H](C(=O)Nc4ccc(C(C)C)cc4)[C@@H]4C=C[C@@]3(O4)[C@@H]2C(=O)N[C@@H]2CCC[C@H](C)[C@@H]2C)cc1. The average Bonchev–Trinajstić information content (AvgIpc) is 3.63. The molecule has 1 saturated carbocycles. The van der Waals surface area contributed by atoms with Crippen LogP contribution in [0.25, 0.3) is 0 Å². The number of hydrogen-bond donors (Lipinski definition) is 2. The Balaban J connectivity index is 1.30. The minimum Gasteiger partial charge on any atom is -0.497 e. The number of fused-ring (bicyclic) bond motifs is 1. The van der Waals surface area contributed by atoms with E-state index in [1.165, 1.54) is 5.56 Å². The molecular weight excluding hydrogens is 542 g/mol. The molecule has 3 fully saturated rings. The Kier molecular flexibility index (Phi) is 7.84. The molecule has 2 bridgehead atoms. The van der Waals surface area contributed by atoms with Crippen LogP contribution in [-0.4, -0.2) is 53.5 Å². The minimum atomic E-state index is -1.20. The van der Waals surface area contributed by atoms with Gasteiger partial charge in [-0.05, 0) is 59.6 Å². The number of ether oxygens (including phenoxy) is 2. The number of benzene rings is 2. The van der Waals surface area contributed by atoms with Gasteiger partial charge in [0.2, 0.25) is 17.7 Å². The summed E-state index contributed by atoms with van der Waals surface area (Å²) in [5.74, 6) is -0.335. The molecular formula is C35H43N3O5. The number of nitrogens with one attached hydrogen (secondary N) is 2. The van der Waals surface area contributed by atoms with Crippen LogP contribution in [0.15, 0.2) is 60.7 Å². The van der Waals surface area contributed by atoms with Crippen molar-refractivity contribution in [1.29, 1.82) is 0 Å². The first-order chi connectivity index (χ1) is 20.6. The van der Waals surface area contributed by atoms with Crippen molar-refractivity contribution < 1.29 is 23.9 Å². The van der Waals surface area contributed by atoms with E-state index in [1.807, 2.05) is 60.7 Å². The zero-order valence-electron chi connectivity index (χ0n) is 25.7. The van der Waals surface area contributed by atoms with Crippen molar-refractivity contribution in [1.82, 2.24) is 10.2 Å². The maximum atomic E-state index is 14.3. The molecule has 0 aromatic heterocycles. The average molecular weight is 586 g/mol. The van der Waals surface area contributed by atoms with Gasteiger partial charge in [-0.1, -0.05) is 77.0 Å². The molecule has 43 heavy (non-hydrogen) atoms. The highest BCUT2D eigenvalue weighted by Gasteiger charge is 2.72. The van der Waals surface area contributed by atoms with Gasteiger partial charge < -0.3 is 25.0 Å². The summed E-state index contributed by atoms with van der Waals surface area (Å²) in [6.07, 6.45) is 6.27. The Bertz CT molecular complexity index is 1400. The van der Waals surface area contributed by atoms with Crippen LogP contribution in [0, 0.1) is 23.7 Å². The van der Waals surface area contributed by atoms with Crippen LogP contribution in [-0.2, 0) is 25.7 Å². The smallest absolute Gasteiger partial charge is 0.246 e. The van der Waals surface area contributed by atoms with Crippen molar-refractivity contribution in [2.45, 2.75) is 83.2 Å². The zero-order chi connectivity index (χ0) is 30.5. The molecule has 3 aliphatic heterocycles. The van der Waals surface area contributed by atoms with Crippen LogP contribution >= 0.6 is 0 Å². The summed E-state index contributed by atoms with van der Waals surface area (Å²) in [7, 11) is 1.61. The molecule has 1 aliphatic carbocycles. The first kappa shape index (κ1) is 29.4. The lowest BCUT2D eigenvalue weighted by molar-refractivity contribution is -0.142. The summed E-state index contributed by atoms with van der Waals surface area (Å²) < 4.78 is 11.8. The number of anilines is 1. The van der Waals surface area contributed by atoms with Gasteiger partial charge in [0.1, 0.15) is 17.4 Å². The molecule has 0 unspecified atom stereocenters. The number of likely N-dealkylation sites (tertiary alicyclic amines) is 1. The van der Waals surface area contributed by atoms with Crippen molar-refractivity contribution >= 4 is 23.4 Å². The number of carbonyl (C=O) groups excluding carboxylic acids is 3. The second kappa shape index (κ2) is 11.5. The van der Waals surface area contributed by atoms with Gasteiger partial charge in [-0.2, -0.15) is 0 Å². The molecule has 228 valence electrons. The van der Waals surface area contributed by atoms with Gasteiger partial charge in [-0.15, -0.1) is 0 Å². The fourth-order valence-corrected chi connectivity index (χ4v) is 7.59. The Morgan fingerprint density at radius 2 is 1.77 bits per heavy atom. The van der Waals surface area contributed by atoms with Gasteiger partial charge in [0.05, 0.1) is 25.0 Å². The Labute approximate surface area is 254 Å². The van der Waals surface area contributed by atoms with Crippen molar-refractivity contribution in [3.63, 3.8) is 0 Å². The van der Waals surface area contributed by atoms with Crippen LogP contribution in [0.1, 0.15) is 64.0 Å². The van der Waals surface area contributed by atoms with E-state index in [0.717, 1.165) is 24.8 Å². The molecule has 2 aromatic carbocycles. The lowest BCUT2D eigenvalue weighted by Gasteiger charge is -2.38. The number of methoxy groups -OCH3 is 1. The van der Waals surface area contributed by atoms with E-state index in [1.54, 1.807) is 12.0 Å². The molecule has 1 spiro atoms. The lowest BCUT2D eigenvalue weighted by atomic mass is 9.73. The Hall–Kier alpha value is -3.65.